The second kappa shape index (κ2) is 14.5. The molecule has 0 amide bonds. The molecule has 7 heteroatoms. The minimum Gasteiger partial charge on any atom is -0.478 e. The molecule has 1 N–H and O–H groups in total. The predicted molar refractivity (Wildman–Crippen MR) is 244 cm³/mol. The fraction of sp³-hybridized carbons (Fsp3) is 0.135. The standard InChI is InChI=1S/C52H41N3O2S2/c1-31-5-17-37(18-6-31)52(38-19-7-32(2)8-20-38)45-29-41(55(39-21-9-33(3)10-22-39)40-23-11-34(4)12-24-40)25-26-43(45)50-46(52)30-47(58-50)44-28-27-42(48-49(44)54-59-53-48)35-13-15-36(16-14-35)51(56)57/h5-11,13-30,34H,12H2,1-4H3,(H,56,57). The number of carboxylic acids is 1. The Balaban J connectivity index is 1.20. The first-order valence-electron chi connectivity index (χ1n) is 20.0. The van der Waals surface area contributed by atoms with Gasteiger partial charge in [0, 0.05) is 38.0 Å². The van der Waals surface area contributed by atoms with Crippen molar-refractivity contribution in [2.75, 3.05) is 4.90 Å². The molecule has 2 aliphatic carbocycles. The van der Waals surface area contributed by atoms with Crippen molar-refractivity contribution >= 4 is 51.4 Å². The molecule has 5 nitrogen and oxygen atoms in total. The summed E-state index contributed by atoms with van der Waals surface area (Å²) >= 11 is 3.02. The molecule has 6 aromatic carbocycles. The zero-order chi connectivity index (χ0) is 40.4. The van der Waals surface area contributed by atoms with E-state index in [4.69, 9.17) is 8.75 Å². The highest BCUT2D eigenvalue weighted by Gasteiger charge is 2.48. The lowest BCUT2D eigenvalue weighted by atomic mass is 9.67. The van der Waals surface area contributed by atoms with Gasteiger partial charge in [0.05, 0.1) is 22.7 Å². The first-order chi connectivity index (χ1) is 28.7. The van der Waals surface area contributed by atoms with Gasteiger partial charge in [-0.2, -0.15) is 8.75 Å². The number of fused-ring (bicyclic) bond motifs is 4. The van der Waals surface area contributed by atoms with E-state index in [1.807, 2.05) is 23.5 Å². The Labute approximate surface area is 352 Å². The van der Waals surface area contributed by atoms with E-state index in [1.165, 1.54) is 66.8 Å². The quantitative estimate of drug-likeness (QED) is 0.166. The van der Waals surface area contributed by atoms with E-state index < -0.39 is 11.4 Å². The van der Waals surface area contributed by atoms with Gasteiger partial charge in [-0.05, 0) is 115 Å². The average Bonchev–Trinajstić information content (AvgIpc) is 3.98. The first-order valence-corrected chi connectivity index (χ1v) is 21.5. The van der Waals surface area contributed by atoms with Gasteiger partial charge in [0.1, 0.15) is 11.0 Å². The van der Waals surface area contributed by atoms with Gasteiger partial charge in [-0.25, -0.2) is 4.79 Å². The Hall–Kier alpha value is -6.41. The lowest BCUT2D eigenvalue weighted by Gasteiger charge is -2.35. The van der Waals surface area contributed by atoms with Crippen LogP contribution in [-0.2, 0) is 5.41 Å². The maximum atomic E-state index is 11.6. The first kappa shape index (κ1) is 36.9. The fourth-order valence-corrected chi connectivity index (χ4v) is 10.7. The zero-order valence-corrected chi connectivity index (χ0v) is 34.9. The third-order valence-corrected chi connectivity index (χ3v) is 13.7. The highest BCUT2D eigenvalue weighted by atomic mass is 32.1. The molecular formula is C52H41N3O2S2. The van der Waals surface area contributed by atoms with E-state index in [-0.39, 0.29) is 5.56 Å². The summed E-state index contributed by atoms with van der Waals surface area (Å²) in [6.45, 7) is 8.72. The molecule has 0 saturated heterocycles. The number of aromatic nitrogens is 2. The molecule has 0 bridgehead atoms. The van der Waals surface area contributed by atoms with Gasteiger partial charge >= 0.3 is 5.97 Å². The zero-order valence-electron chi connectivity index (χ0n) is 33.2. The van der Waals surface area contributed by atoms with E-state index >= 15 is 0 Å². The number of carbonyl (C=O) groups is 1. The summed E-state index contributed by atoms with van der Waals surface area (Å²) in [6.07, 6.45) is 7.97. The van der Waals surface area contributed by atoms with Gasteiger partial charge in [-0.1, -0.05) is 127 Å². The van der Waals surface area contributed by atoms with Crippen LogP contribution in [0.5, 0.6) is 0 Å². The van der Waals surface area contributed by atoms with E-state index in [0.29, 0.717) is 5.92 Å². The predicted octanol–water partition coefficient (Wildman–Crippen LogP) is 13.7. The Morgan fingerprint density at radius 3 is 1.86 bits per heavy atom. The van der Waals surface area contributed by atoms with Gasteiger partial charge in [-0.3, -0.25) is 0 Å². The monoisotopic (exact) mass is 803 g/mol. The van der Waals surface area contributed by atoms with Gasteiger partial charge < -0.3 is 10.0 Å². The van der Waals surface area contributed by atoms with Crippen LogP contribution in [0.15, 0.2) is 157 Å². The number of nitrogens with zero attached hydrogens (tertiary/aromatic N) is 3. The summed E-state index contributed by atoms with van der Waals surface area (Å²) in [7, 11) is 0. The summed E-state index contributed by atoms with van der Waals surface area (Å²) in [4.78, 5) is 16.4. The highest BCUT2D eigenvalue weighted by Crippen LogP contribution is 2.61. The van der Waals surface area contributed by atoms with Crippen molar-refractivity contribution in [1.82, 2.24) is 8.75 Å². The molecule has 10 rings (SSSR count). The van der Waals surface area contributed by atoms with Crippen LogP contribution in [0.3, 0.4) is 0 Å². The van der Waals surface area contributed by atoms with Crippen molar-refractivity contribution in [2.45, 2.75) is 39.5 Å². The topological polar surface area (TPSA) is 66.3 Å². The number of allylic oxidation sites excluding steroid dienone is 3. The number of hydrogen-bond donors (Lipinski definition) is 1. The Bertz CT molecular complexity index is 2930. The Kier molecular flexibility index (Phi) is 9.04. The van der Waals surface area contributed by atoms with Crippen LogP contribution in [0.1, 0.15) is 62.6 Å². The second-order valence-corrected chi connectivity index (χ2v) is 17.5. The molecular weight excluding hydrogens is 763 g/mol. The molecule has 288 valence electrons. The molecule has 0 aliphatic heterocycles. The van der Waals surface area contributed by atoms with Crippen molar-refractivity contribution in [3.63, 3.8) is 0 Å². The smallest absolute Gasteiger partial charge is 0.335 e. The molecule has 0 spiro atoms. The van der Waals surface area contributed by atoms with Crippen LogP contribution in [0.25, 0.3) is 43.0 Å². The van der Waals surface area contributed by atoms with Crippen LogP contribution >= 0.6 is 23.1 Å². The van der Waals surface area contributed by atoms with E-state index in [2.05, 4.69) is 160 Å². The summed E-state index contributed by atoms with van der Waals surface area (Å²) in [6, 6.07) is 47.8. The number of thiophene rings is 1. The number of aryl methyl sites for hydroxylation is 3. The third-order valence-electron chi connectivity index (χ3n) is 12.0. The SMILES string of the molecule is Cc1ccc(N(C2=CCC(C)C=C2)c2ccc3c(c2)C(c2ccc(C)cc2)(c2ccc(C)cc2)c2cc(-c4ccc(-c5ccc(C(=O)O)cc5)c5nsnc45)sc2-3)cc1. The summed E-state index contributed by atoms with van der Waals surface area (Å²) in [5.41, 5.74) is 17.5. The molecule has 2 aromatic heterocycles. The lowest BCUT2D eigenvalue weighted by molar-refractivity contribution is 0.0697. The molecule has 0 radical (unpaired) electrons. The van der Waals surface area contributed by atoms with Crippen molar-refractivity contribution in [1.29, 1.82) is 0 Å². The summed E-state index contributed by atoms with van der Waals surface area (Å²) in [5, 5.41) is 9.49. The number of rotatable bonds is 8. The van der Waals surface area contributed by atoms with Gasteiger partial charge in [0.2, 0.25) is 0 Å². The van der Waals surface area contributed by atoms with Crippen molar-refractivity contribution < 1.29 is 9.90 Å². The molecule has 1 unspecified atom stereocenters. The Morgan fingerprint density at radius 2 is 1.25 bits per heavy atom. The average molecular weight is 804 g/mol. The fourth-order valence-electron chi connectivity index (χ4n) is 8.84. The van der Waals surface area contributed by atoms with Crippen LogP contribution in [0, 0.1) is 26.7 Å². The van der Waals surface area contributed by atoms with Crippen LogP contribution in [0.2, 0.25) is 0 Å². The second-order valence-electron chi connectivity index (χ2n) is 15.9. The van der Waals surface area contributed by atoms with Crippen LogP contribution in [-0.4, -0.2) is 19.8 Å². The molecule has 8 aromatic rings. The summed E-state index contributed by atoms with van der Waals surface area (Å²) in [5.74, 6) is -0.442. The molecule has 0 saturated carbocycles. The maximum Gasteiger partial charge on any atom is 0.335 e. The molecule has 2 aliphatic rings. The minimum absolute atomic E-state index is 0.254. The molecule has 2 heterocycles. The largest absolute Gasteiger partial charge is 0.478 e. The Morgan fingerprint density at radius 1 is 0.678 bits per heavy atom. The van der Waals surface area contributed by atoms with E-state index in [9.17, 15) is 9.90 Å². The number of aromatic carboxylic acids is 1. The van der Waals surface area contributed by atoms with Gasteiger partial charge in [0.15, 0.2) is 0 Å². The number of benzene rings is 6. The number of carboxylic acid groups (broad SMARTS) is 1. The number of hydrogen-bond acceptors (Lipinski definition) is 6. The minimum atomic E-state index is -0.944. The number of anilines is 2. The highest BCUT2D eigenvalue weighted by molar-refractivity contribution is 7.19. The van der Waals surface area contributed by atoms with Crippen LogP contribution < -0.4 is 4.90 Å². The van der Waals surface area contributed by atoms with Gasteiger partial charge in [0.25, 0.3) is 0 Å². The molecule has 1 atom stereocenters. The molecule has 0 fully saturated rings. The lowest BCUT2D eigenvalue weighted by Crippen LogP contribution is -2.29. The van der Waals surface area contributed by atoms with E-state index in [1.54, 1.807) is 12.1 Å². The maximum absolute atomic E-state index is 11.6. The third kappa shape index (κ3) is 6.15. The molecule has 59 heavy (non-hydrogen) atoms. The summed E-state index contributed by atoms with van der Waals surface area (Å²) < 4.78 is 9.65. The van der Waals surface area contributed by atoms with Gasteiger partial charge in [-0.15, -0.1) is 11.3 Å². The van der Waals surface area contributed by atoms with E-state index in [0.717, 1.165) is 50.4 Å². The van der Waals surface area contributed by atoms with Crippen molar-refractivity contribution in [3.8, 4) is 32.0 Å². The van der Waals surface area contributed by atoms with Crippen LogP contribution in [0.4, 0.5) is 11.4 Å². The normalized spacial score (nSPS) is 15.2. The van der Waals surface area contributed by atoms with Crippen molar-refractivity contribution in [2.24, 2.45) is 5.92 Å². The van der Waals surface area contributed by atoms with Crippen molar-refractivity contribution in [3.05, 3.63) is 202 Å².